The van der Waals surface area contributed by atoms with E-state index in [0.717, 1.165) is 45.6 Å². The lowest BCUT2D eigenvalue weighted by Gasteiger charge is -2.26. The van der Waals surface area contributed by atoms with Gasteiger partial charge >= 0.3 is 18.0 Å². The van der Waals surface area contributed by atoms with Crippen molar-refractivity contribution < 1.29 is 33.4 Å². The van der Waals surface area contributed by atoms with Gasteiger partial charge in [0.1, 0.15) is 17.7 Å². The van der Waals surface area contributed by atoms with Gasteiger partial charge in [0, 0.05) is 6.42 Å². The molecule has 0 aromatic carbocycles. The molecule has 236 valence electrons. The van der Waals surface area contributed by atoms with Gasteiger partial charge in [-0.05, 0) is 79.6 Å². The van der Waals surface area contributed by atoms with Crippen LogP contribution in [0.15, 0.2) is 60.8 Å². The molecule has 0 heterocycles. The third-order valence-electron chi connectivity index (χ3n) is 5.56. The Labute approximate surface area is 252 Å². The molecule has 0 saturated carbocycles. The molecule has 0 saturated heterocycles. The summed E-state index contributed by atoms with van der Waals surface area (Å²) in [4.78, 5) is 49.0. The molecule has 0 bridgehead atoms. The topological polar surface area (TPSA) is 120 Å². The Hall–Kier alpha value is -3.62. The summed E-state index contributed by atoms with van der Waals surface area (Å²) in [6.07, 6.45) is 25.8. The van der Waals surface area contributed by atoms with E-state index in [0.29, 0.717) is 6.42 Å². The molecule has 0 aliphatic heterocycles. The molecule has 0 rings (SSSR count). The summed E-state index contributed by atoms with van der Waals surface area (Å²) < 4.78 is 15.2. The molecule has 0 aliphatic carbocycles. The Morgan fingerprint density at radius 3 is 1.71 bits per heavy atom. The molecule has 0 fully saturated rings. The minimum Gasteiger partial charge on any atom is -0.467 e. The van der Waals surface area contributed by atoms with Crippen molar-refractivity contribution in [3.63, 3.8) is 0 Å². The number of carbonyl (C=O) groups excluding carboxylic acids is 4. The van der Waals surface area contributed by atoms with Crippen molar-refractivity contribution in [2.24, 2.45) is 0 Å². The van der Waals surface area contributed by atoms with Crippen LogP contribution in [0, 0.1) is 0 Å². The van der Waals surface area contributed by atoms with Gasteiger partial charge in [-0.25, -0.2) is 14.4 Å². The molecule has 0 spiro atoms. The highest BCUT2D eigenvalue weighted by Gasteiger charge is 2.33. The Bertz CT molecular complexity index is 958. The lowest BCUT2D eigenvalue weighted by atomic mass is 10.1. The van der Waals surface area contributed by atoms with E-state index in [1.807, 2.05) is 6.08 Å². The highest BCUT2D eigenvalue weighted by molar-refractivity contribution is 5.85. The van der Waals surface area contributed by atoms with Gasteiger partial charge < -0.3 is 24.8 Å². The zero-order chi connectivity index (χ0) is 31.8. The smallest absolute Gasteiger partial charge is 0.408 e. The average molecular weight is 589 g/mol. The molecule has 0 unspecified atom stereocenters. The second-order valence-corrected chi connectivity index (χ2v) is 10.7. The first-order valence-electron chi connectivity index (χ1n) is 14.7. The third-order valence-corrected chi connectivity index (χ3v) is 5.56. The quantitative estimate of drug-likeness (QED) is 0.0774. The van der Waals surface area contributed by atoms with Crippen LogP contribution in [-0.2, 0) is 28.6 Å². The minimum absolute atomic E-state index is 0.256. The van der Waals surface area contributed by atoms with Crippen LogP contribution in [0.3, 0.4) is 0 Å². The molecule has 2 N–H and O–H groups in total. The fourth-order valence-corrected chi connectivity index (χ4v) is 3.40. The van der Waals surface area contributed by atoms with Crippen LogP contribution in [0.25, 0.3) is 0 Å². The van der Waals surface area contributed by atoms with Gasteiger partial charge in [0.05, 0.1) is 7.11 Å². The van der Waals surface area contributed by atoms with E-state index in [2.05, 4.69) is 72.2 Å². The molecule has 42 heavy (non-hydrogen) atoms. The number of methoxy groups -OCH3 is 1. The van der Waals surface area contributed by atoms with Gasteiger partial charge in [-0.1, -0.05) is 67.7 Å². The van der Waals surface area contributed by atoms with Gasteiger partial charge in [0.15, 0.2) is 6.04 Å². The number of allylic oxidation sites excluding steroid dienone is 10. The van der Waals surface area contributed by atoms with E-state index in [-0.39, 0.29) is 12.3 Å². The molecule has 0 radical (unpaired) electrons. The number of hydrogen-bond acceptors (Lipinski definition) is 7. The average Bonchev–Trinajstić information content (AvgIpc) is 2.91. The number of ether oxygens (including phenoxy) is 3. The van der Waals surface area contributed by atoms with Crippen molar-refractivity contribution in [3.05, 3.63) is 60.8 Å². The van der Waals surface area contributed by atoms with E-state index in [9.17, 15) is 19.2 Å². The molecule has 0 aromatic heterocycles. The van der Waals surface area contributed by atoms with Crippen molar-refractivity contribution in [2.75, 3.05) is 7.11 Å². The lowest BCUT2D eigenvalue weighted by Crippen LogP contribution is -2.52. The summed E-state index contributed by atoms with van der Waals surface area (Å²) >= 11 is 0. The molecular weight excluding hydrogens is 536 g/mol. The van der Waals surface area contributed by atoms with Crippen molar-refractivity contribution in [1.29, 1.82) is 0 Å². The van der Waals surface area contributed by atoms with Crippen LogP contribution < -0.4 is 10.6 Å². The van der Waals surface area contributed by atoms with Gasteiger partial charge in [0.25, 0.3) is 0 Å². The summed E-state index contributed by atoms with van der Waals surface area (Å²) in [6.45, 7) is 10.1. The zero-order valence-corrected chi connectivity index (χ0v) is 26.5. The molecular formula is C33H52N2O7. The Morgan fingerprint density at radius 2 is 1.24 bits per heavy atom. The lowest BCUT2D eigenvalue weighted by molar-refractivity contribution is -0.158. The zero-order valence-electron chi connectivity index (χ0n) is 26.5. The SMILES string of the molecule is CC/C=C\C/C=C\C/C=C\C/C=C\C/C=C\CCCC(=O)N[C@@H](C)C(=O)O[C@H](C)[C@H](NC(=O)OC(C)(C)C)C(=O)OC. The van der Waals surface area contributed by atoms with Crippen LogP contribution in [0.1, 0.15) is 92.9 Å². The highest BCUT2D eigenvalue weighted by Crippen LogP contribution is 2.10. The van der Waals surface area contributed by atoms with E-state index >= 15 is 0 Å². The van der Waals surface area contributed by atoms with E-state index in [4.69, 9.17) is 14.2 Å². The van der Waals surface area contributed by atoms with Crippen molar-refractivity contribution in [1.82, 2.24) is 10.6 Å². The number of amides is 2. The number of nitrogens with one attached hydrogen (secondary N) is 2. The second kappa shape index (κ2) is 23.0. The normalized spacial score (nSPS) is 14.5. The second-order valence-electron chi connectivity index (χ2n) is 10.7. The molecule has 3 atom stereocenters. The van der Waals surface area contributed by atoms with Gasteiger partial charge in [-0.2, -0.15) is 0 Å². The van der Waals surface area contributed by atoms with Crippen LogP contribution in [0.4, 0.5) is 4.79 Å². The van der Waals surface area contributed by atoms with Crippen LogP contribution in [-0.4, -0.2) is 54.8 Å². The maximum atomic E-state index is 12.5. The number of alkyl carbamates (subject to hydrolysis) is 1. The Balaban J connectivity index is 4.30. The molecule has 2 amide bonds. The third kappa shape index (κ3) is 21.2. The summed E-state index contributed by atoms with van der Waals surface area (Å²) in [5.41, 5.74) is -0.780. The number of hydrogen-bond donors (Lipinski definition) is 2. The summed E-state index contributed by atoms with van der Waals surface area (Å²) in [5, 5.41) is 4.97. The first-order chi connectivity index (χ1) is 19.9. The standard InChI is InChI=1S/C33H52N2O7/c1-8-9-10-11-12-13-14-15-16-17-18-19-20-21-22-23-24-25-28(36)34-26(2)30(37)41-27(3)29(31(38)40-7)35-32(39)42-33(4,5)6/h9-10,12-13,15-16,18-19,21-22,26-27,29H,8,11,14,17,20,23-25H2,1-7H3,(H,34,36)(H,35,39)/b10-9-,13-12-,16-15-,19-18-,22-21-/t26-,27+,29-/m0/s1. The number of unbranched alkanes of at least 4 members (excludes halogenated alkanes) is 1. The monoisotopic (exact) mass is 588 g/mol. The van der Waals surface area contributed by atoms with Gasteiger partial charge in [0.2, 0.25) is 5.91 Å². The highest BCUT2D eigenvalue weighted by atomic mass is 16.6. The molecule has 9 heteroatoms. The first kappa shape index (κ1) is 38.4. The van der Waals surface area contributed by atoms with E-state index in [1.165, 1.54) is 13.8 Å². The number of rotatable bonds is 19. The first-order valence-corrected chi connectivity index (χ1v) is 14.7. The largest absolute Gasteiger partial charge is 0.467 e. The van der Waals surface area contributed by atoms with Gasteiger partial charge in [-0.3, -0.25) is 4.79 Å². The van der Waals surface area contributed by atoms with Crippen LogP contribution in [0.5, 0.6) is 0 Å². The van der Waals surface area contributed by atoms with Crippen molar-refractivity contribution in [2.45, 2.75) is 117 Å². The fraction of sp³-hybridized carbons (Fsp3) is 0.576. The number of carbonyl (C=O) groups is 4. The maximum absolute atomic E-state index is 12.5. The number of esters is 2. The van der Waals surface area contributed by atoms with Crippen LogP contribution >= 0.6 is 0 Å². The summed E-state index contributed by atoms with van der Waals surface area (Å²) in [6, 6.07) is -2.21. The Kier molecular flexibility index (Phi) is 21.0. The maximum Gasteiger partial charge on any atom is 0.408 e. The van der Waals surface area contributed by atoms with E-state index < -0.39 is 41.8 Å². The predicted octanol–water partition coefficient (Wildman–Crippen LogP) is 6.41. The fourth-order valence-electron chi connectivity index (χ4n) is 3.40. The summed E-state index contributed by atoms with van der Waals surface area (Å²) in [5.74, 6) is -1.82. The molecule has 9 nitrogen and oxygen atoms in total. The van der Waals surface area contributed by atoms with Gasteiger partial charge in [-0.15, -0.1) is 0 Å². The molecule has 0 aliphatic rings. The predicted molar refractivity (Wildman–Crippen MR) is 167 cm³/mol. The van der Waals surface area contributed by atoms with Crippen molar-refractivity contribution in [3.8, 4) is 0 Å². The van der Waals surface area contributed by atoms with Crippen LogP contribution in [0.2, 0.25) is 0 Å². The summed E-state index contributed by atoms with van der Waals surface area (Å²) in [7, 11) is 1.16. The minimum atomic E-state index is -1.28. The molecule has 0 aromatic rings. The Morgan fingerprint density at radius 1 is 0.738 bits per heavy atom. The van der Waals surface area contributed by atoms with Crippen molar-refractivity contribution >= 4 is 23.9 Å². The van der Waals surface area contributed by atoms with E-state index in [1.54, 1.807) is 20.8 Å².